The minimum absolute atomic E-state index is 0.162. The van der Waals surface area contributed by atoms with E-state index in [1.165, 1.54) is 0 Å². The summed E-state index contributed by atoms with van der Waals surface area (Å²) in [6, 6.07) is 26.2. The number of carboxylic acid groups (broad SMARTS) is 1. The Labute approximate surface area is 129 Å². The molecule has 0 amide bonds. The number of rotatable bonds is 4. The molecular formula is C19H14NO2-. The van der Waals surface area contributed by atoms with E-state index in [1.807, 2.05) is 71.6 Å². The summed E-state index contributed by atoms with van der Waals surface area (Å²) in [4.78, 5) is 13.4. The molecule has 3 aromatic rings. The molecule has 3 nitrogen and oxygen atoms in total. The second kappa shape index (κ2) is 6.14. The molecule has 0 unspecified atom stereocenters. The molecule has 0 N–H and O–H groups in total. The Morgan fingerprint density at radius 2 is 1.14 bits per heavy atom. The van der Waals surface area contributed by atoms with Crippen molar-refractivity contribution in [1.82, 2.24) is 0 Å². The van der Waals surface area contributed by atoms with Gasteiger partial charge in [-0.15, -0.1) is 0 Å². The first-order valence-corrected chi connectivity index (χ1v) is 6.98. The standard InChI is InChI=1S/C19H15NO2/c21-19(22)17-13-7-8-14-18(17)20(15-9-3-1-4-10-15)16-11-5-2-6-12-16/h1-14H,(H,21,22)/p-1. The maximum Gasteiger partial charge on any atom is 0.0736 e. The van der Waals surface area contributed by atoms with Crippen LogP contribution in [0.2, 0.25) is 0 Å². The first kappa shape index (κ1) is 13.9. The van der Waals surface area contributed by atoms with Crippen molar-refractivity contribution in [2.24, 2.45) is 0 Å². The number of para-hydroxylation sites is 3. The molecule has 0 atom stereocenters. The summed E-state index contributed by atoms with van der Waals surface area (Å²) in [5, 5.41) is 11.5. The van der Waals surface area contributed by atoms with E-state index in [1.54, 1.807) is 18.2 Å². The number of carbonyl (C=O) groups excluding carboxylic acids is 1. The smallest absolute Gasteiger partial charge is 0.0736 e. The van der Waals surface area contributed by atoms with Crippen LogP contribution >= 0.6 is 0 Å². The largest absolute Gasteiger partial charge is 0.545 e. The Balaban J connectivity index is 2.21. The summed E-state index contributed by atoms with van der Waals surface area (Å²) in [6.07, 6.45) is 0. The van der Waals surface area contributed by atoms with Gasteiger partial charge in [0.25, 0.3) is 0 Å². The van der Waals surface area contributed by atoms with E-state index in [0.717, 1.165) is 11.4 Å². The lowest BCUT2D eigenvalue weighted by atomic mass is 10.1. The van der Waals surface area contributed by atoms with E-state index in [0.29, 0.717) is 5.69 Å². The van der Waals surface area contributed by atoms with Crippen LogP contribution in [0.4, 0.5) is 17.1 Å². The van der Waals surface area contributed by atoms with Gasteiger partial charge in [0.05, 0.1) is 11.7 Å². The number of carboxylic acids is 1. The molecular weight excluding hydrogens is 274 g/mol. The van der Waals surface area contributed by atoms with Crippen LogP contribution in [0, 0.1) is 0 Å². The highest BCUT2D eigenvalue weighted by atomic mass is 16.4. The van der Waals surface area contributed by atoms with Gasteiger partial charge in [0.1, 0.15) is 0 Å². The summed E-state index contributed by atoms with van der Waals surface area (Å²) >= 11 is 0. The molecule has 0 saturated carbocycles. The highest BCUT2D eigenvalue weighted by molar-refractivity contribution is 5.96. The van der Waals surface area contributed by atoms with Crippen LogP contribution in [-0.4, -0.2) is 5.97 Å². The van der Waals surface area contributed by atoms with Crippen molar-refractivity contribution in [3.63, 3.8) is 0 Å². The third-order valence-electron chi connectivity index (χ3n) is 3.39. The van der Waals surface area contributed by atoms with Crippen LogP contribution in [-0.2, 0) is 0 Å². The molecule has 0 fully saturated rings. The van der Waals surface area contributed by atoms with Gasteiger partial charge < -0.3 is 14.8 Å². The van der Waals surface area contributed by atoms with Crippen molar-refractivity contribution < 1.29 is 9.90 Å². The summed E-state index contributed by atoms with van der Waals surface area (Å²) < 4.78 is 0. The molecule has 0 radical (unpaired) electrons. The van der Waals surface area contributed by atoms with Crippen LogP contribution in [0.25, 0.3) is 0 Å². The molecule has 0 bridgehead atoms. The number of hydrogen-bond donors (Lipinski definition) is 0. The molecule has 3 rings (SSSR count). The molecule has 0 aromatic heterocycles. The van der Waals surface area contributed by atoms with Crippen LogP contribution in [0.3, 0.4) is 0 Å². The maximum absolute atomic E-state index is 11.5. The minimum atomic E-state index is -1.19. The first-order valence-electron chi connectivity index (χ1n) is 6.98. The molecule has 0 aliphatic rings. The van der Waals surface area contributed by atoms with Gasteiger partial charge in [0.2, 0.25) is 0 Å². The lowest BCUT2D eigenvalue weighted by molar-refractivity contribution is -0.254. The fourth-order valence-electron chi connectivity index (χ4n) is 2.42. The third-order valence-corrected chi connectivity index (χ3v) is 3.39. The highest BCUT2D eigenvalue weighted by Gasteiger charge is 2.15. The monoisotopic (exact) mass is 288 g/mol. The number of aromatic carboxylic acids is 1. The zero-order chi connectivity index (χ0) is 15.4. The predicted molar refractivity (Wildman–Crippen MR) is 85.5 cm³/mol. The molecule has 0 spiro atoms. The molecule has 0 saturated heterocycles. The minimum Gasteiger partial charge on any atom is -0.545 e. The van der Waals surface area contributed by atoms with Crippen LogP contribution < -0.4 is 10.0 Å². The molecule has 108 valence electrons. The topological polar surface area (TPSA) is 43.4 Å². The second-order valence-electron chi connectivity index (χ2n) is 4.81. The number of hydrogen-bond acceptors (Lipinski definition) is 3. The molecule has 0 aliphatic carbocycles. The lowest BCUT2D eigenvalue weighted by Gasteiger charge is -2.27. The summed E-state index contributed by atoms with van der Waals surface area (Å²) in [5.74, 6) is -1.19. The number of anilines is 3. The molecule has 22 heavy (non-hydrogen) atoms. The van der Waals surface area contributed by atoms with Gasteiger partial charge in [-0.2, -0.15) is 0 Å². The zero-order valence-corrected chi connectivity index (χ0v) is 11.8. The maximum atomic E-state index is 11.5. The van der Waals surface area contributed by atoms with E-state index in [9.17, 15) is 9.90 Å². The SMILES string of the molecule is O=C([O-])c1ccccc1N(c1ccccc1)c1ccccc1. The number of nitrogens with zero attached hydrogens (tertiary/aromatic N) is 1. The van der Waals surface area contributed by atoms with E-state index in [2.05, 4.69) is 0 Å². The van der Waals surface area contributed by atoms with E-state index in [4.69, 9.17) is 0 Å². The van der Waals surface area contributed by atoms with Gasteiger partial charge in [-0.3, -0.25) is 0 Å². The Hall–Kier alpha value is -3.07. The van der Waals surface area contributed by atoms with Gasteiger partial charge in [0.15, 0.2) is 0 Å². The third kappa shape index (κ3) is 2.69. The fourth-order valence-corrected chi connectivity index (χ4v) is 2.42. The Morgan fingerprint density at radius 1 is 0.682 bits per heavy atom. The average Bonchev–Trinajstić information content (AvgIpc) is 2.57. The quantitative estimate of drug-likeness (QED) is 0.737. The molecule has 3 heteroatoms. The summed E-state index contributed by atoms with van der Waals surface area (Å²) in [5.41, 5.74) is 2.53. The summed E-state index contributed by atoms with van der Waals surface area (Å²) in [7, 11) is 0. The predicted octanol–water partition coefficient (Wildman–Crippen LogP) is 3.52. The highest BCUT2D eigenvalue weighted by Crippen LogP contribution is 2.35. The van der Waals surface area contributed by atoms with Crippen LogP contribution in [0.1, 0.15) is 10.4 Å². The van der Waals surface area contributed by atoms with Crippen molar-refractivity contribution in [2.45, 2.75) is 0 Å². The van der Waals surface area contributed by atoms with Gasteiger partial charge in [-0.25, -0.2) is 0 Å². The Bertz CT molecular complexity index is 730. The Morgan fingerprint density at radius 3 is 1.64 bits per heavy atom. The van der Waals surface area contributed by atoms with Crippen molar-refractivity contribution in [3.05, 3.63) is 90.5 Å². The van der Waals surface area contributed by atoms with Gasteiger partial charge in [-0.1, -0.05) is 54.6 Å². The first-order chi connectivity index (χ1) is 10.8. The zero-order valence-electron chi connectivity index (χ0n) is 11.8. The van der Waals surface area contributed by atoms with Gasteiger partial charge >= 0.3 is 0 Å². The van der Waals surface area contributed by atoms with E-state index in [-0.39, 0.29) is 5.56 Å². The molecule has 0 heterocycles. The summed E-state index contributed by atoms with van der Waals surface area (Å²) in [6.45, 7) is 0. The van der Waals surface area contributed by atoms with Gasteiger partial charge in [0, 0.05) is 16.9 Å². The van der Waals surface area contributed by atoms with E-state index < -0.39 is 5.97 Å². The second-order valence-corrected chi connectivity index (χ2v) is 4.81. The van der Waals surface area contributed by atoms with Crippen molar-refractivity contribution in [1.29, 1.82) is 0 Å². The fraction of sp³-hybridized carbons (Fsp3) is 0. The van der Waals surface area contributed by atoms with Crippen molar-refractivity contribution >= 4 is 23.0 Å². The van der Waals surface area contributed by atoms with Crippen molar-refractivity contribution in [2.75, 3.05) is 4.90 Å². The molecule has 0 aliphatic heterocycles. The normalized spacial score (nSPS) is 10.2. The lowest BCUT2D eigenvalue weighted by Crippen LogP contribution is -2.25. The van der Waals surface area contributed by atoms with Crippen molar-refractivity contribution in [3.8, 4) is 0 Å². The number of carbonyl (C=O) groups is 1. The Kier molecular flexibility index (Phi) is 3.88. The molecule has 3 aromatic carbocycles. The van der Waals surface area contributed by atoms with Gasteiger partial charge in [-0.05, 0) is 30.3 Å². The van der Waals surface area contributed by atoms with Crippen LogP contribution in [0.5, 0.6) is 0 Å². The van der Waals surface area contributed by atoms with Crippen LogP contribution in [0.15, 0.2) is 84.9 Å². The number of benzene rings is 3. The van der Waals surface area contributed by atoms with E-state index >= 15 is 0 Å². The average molecular weight is 288 g/mol.